The first-order valence-electron chi connectivity index (χ1n) is 8.84. The van der Waals surface area contributed by atoms with Gasteiger partial charge in [0.25, 0.3) is 0 Å². The van der Waals surface area contributed by atoms with Crippen molar-refractivity contribution in [3.8, 4) is 22.8 Å². The topological polar surface area (TPSA) is 65.7 Å². The molecular formula is C23H14Cl2O5. The summed E-state index contributed by atoms with van der Waals surface area (Å²) in [5.74, 6) is 0.667. The number of hydrogen-bond acceptors (Lipinski definition) is 5. The fourth-order valence-electron chi connectivity index (χ4n) is 2.91. The van der Waals surface area contributed by atoms with E-state index in [2.05, 4.69) is 0 Å². The molecule has 0 atom stereocenters. The molecule has 30 heavy (non-hydrogen) atoms. The van der Waals surface area contributed by atoms with Gasteiger partial charge in [-0.15, -0.1) is 0 Å². The fourth-order valence-corrected chi connectivity index (χ4v) is 3.40. The van der Waals surface area contributed by atoms with Crippen LogP contribution in [0.3, 0.4) is 0 Å². The highest BCUT2D eigenvalue weighted by Gasteiger charge is 2.15. The summed E-state index contributed by atoms with van der Waals surface area (Å²) in [5.41, 5.74) is 1.02. The van der Waals surface area contributed by atoms with E-state index in [1.807, 2.05) is 0 Å². The van der Waals surface area contributed by atoms with Crippen molar-refractivity contribution in [2.75, 3.05) is 7.11 Å². The third-order valence-electron chi connectivity index (χ3n) is 4.43. The maximum Gasteiger partial charge on any atom is 0.345 e. The van der Waals surface area contributed by atoms with Crippen LogP contribution in [0.2, 0.25) is 10.0 Å². The van der Waals surface area contributed by atoms with Crippen LogP contribution < -0.4 is 14.9 Å². The summed E-state index contributed by atoms with van der Waals surface area (Å²) in [7, 11) is 1.58. The zero-order chi connectivity index (χ0) is 21.3. The molecule has 0 aliphatic heterocycles. The molecule has 0 radical (unpaired) electrons. The Bertz CT molecular complexity index is 1310. The van der Waals surface area contributed by atoms with Gasteiger partial charge in [-0.2, -0.15) is 0 Å². The average molecular weight is 441 g/mol. The Hall–Kier alpha value is -3.28. The summed E-state index contributed by atoms with van der Waals surface area (Å²) in [4.78, 5) is 25.0. The second-order valence-corrected chi connectivity index (χ2v) is 7.22. The molecule has 5 nitrogen and oxygen atoms in total. The SMILES string of the molecule is COc1ccc(-c2cc(=O)c3cc(OC(=O)c4ccc(Cl)cc4Cl)ccc3o2)cc1. The van der Waals surface area contributed by atoms with E-state index >= 15 is 0 Å². The minimum Gasteiger partial charge on any atom is -0.497 e. The molecule has 0 fully saturated rings. The predicted octanol–water partition coefficient (Wildman–Crippen LogP) is 5.99. The van der Waals surface area contributed by atoms with Gasteiger partial charge < -0.3 is 13.9 Å². The Morgan fingerprint density at radius 2 is 1.63 bits per heavy atom. The van der Waals surface area contributed by atoms with Crippen molar-refractivity contribution >= 4 is 40.1 Å². The minimum atomic E-state index is -0.657. The summed E-state index contributed by atoms with van der Waals surface area (Å²) >= 11 is 11.9. The first-order valence-corrected chi connectivity index (χ1v) is 9.60. The maximum absolute atomic E-state index is 12.6. The van der Waals surface area contributed by atoms with E-state index in [0.29, 0.717) is 27.5 Å². The lowest BCUT2D eigenvalue weighted by molar-refractivity contribution is 0.0735. The predicted molar refractivity (Wildman–Crippen MR) is 116 cm³/mol. The van der Waals surface area contributed by atoms with Crippen molar-refractivity contribution in [2.45, 2.75) is 0 Å². The minimum absolute atomic E-state index is 0.169. The van der Waals surface area contributed by atoms with Crippen molar-refractivity contribution in [1.29, 1.82) is 0 Å². The van der Waals surface area contributed by atoms with Crippen molar-refractivity contribution in [3.05, 3.63) is 92.6 Å². The molecule has 1 heterocycles. The molecule has 3 aromatic carbocycles. The average Bonchev–Trinajstić information content (AvgIpc) is 2.74. The van der Waals surface area contributed by atoms with Crippen LogP contribution in [0.15, 0.2) is 75.9 Å². The molecule has 0 saturated carbocycles. The molecule has 0 saturated heterocycles. The van der Waals surface area contributed by atoms with Gasteiger partial charge in [0.05, 0.1) is 23.1 Å². The van der Waals surface area contributed by atoms with Gasteiger partial charge in [0.1, 0.15) is 22.8 Å². The number of esters is 1. The third-order valence-corrected chi connectivity index (χ3v) is 4.98. The van der Waals surface area contributed by atoms with Gasteiger partial charge in [-0.3, -0.25) is 4.79 Å². The Morgan fingerprint density at radius 1 is 0.900 bits per heavy atom. The summed E-state index contributed by atoms with van der Waals surface area (Å²) in [6.07, 6.45) is 0. The number of rotatable bonds is 4. The van der Waals surface area contributed by atoms with Gasteiger partial charge in [-0.1, -0.05) is 23.2 Å². The van der Waals surface area contributed by atoms with Crippen LogP contribution in [0.4, 0.5) is 0 Å². The highest BCUT2D eigenvalue weighted by atomic mass is 35.5. The number of fused-ring (bicyclic) bond motifs is 1. The quantitative estimate of drug-likeness (QED) is 0.287. The number of hydrogen-bond donors (Lipinski definition) is 0. The van der Waals surface area contributed by atoms with Gasteiger partial charge >= 0.3 is 5.97 Å². The lowest BCUT2D eigenvalue weighted by Gasteiger charge is -2.08. The maximum atomic E-state index is 12.6. The van der Waals surface area contributed by atoms with Crippen LogP contribution in [0.25, 0.3) is 22.3 Å². The molecule has 0 spiro atoms. The zero-order valence-electron chi connectivity index (χ0n) is 15.6. The molecule has 4 rings (SSSR count). The Labute approximate surface area is 181 Å². The lowest BCUT2D eigenvalue weighted by Crippen LogP contribution is -2.09. The molecule has 0 aliphatic carbocycles. The first-order chi connectivity index (χ1) is 14.4. The second-order valence-electron chi connectivity index (χ2n) is 6.38. The Morgan fingerprint density at radius 3 is 2.33 bits per heavy atom. The largest absolute Gasteiger partial charge is 0.497 e. The fraction of sp³-hybridized carbons (Fsp3) is 0.0435. The van der Waals surface area contributed by atoms with Crippen LogP contribution in [-0.4, -0.2) is 13.1 Å². The molecule has 1 aromatic heterocycles. The Balaban J connectivity index is 1.65. The van der Waals surface area contributed by atoms with Crippen LogP contribution in [0.1, 0.15) is 10.4 Å². The lowest BCUT2D eigenvalue weighted by atomic mass is 10.1. The standard InChI is InChI=1S/C23H14Cl2O5/c1-28-15-5-2-13(3-6-15)22-12-20(26)18-11-16(7-9-21(18)30-22)29-23(27)17-8-4-14(24)10-19(17)25/h2-12H,1H3. The normalized spacial score (nSPS) is 10.8. The zero-order valence-corrected chi connectivity index (χ0v) is 17.2. The summed E-state index contributed by atoms with van der Waals surface area (Å²) in [6, 6.07) is 17.6. The smallest absolute Gasteiger partial charge is 0.345 e. The van der Waals surface area contributed by atoms with Crippen LogP contribution in [0.5, 0.6) is 11.5 Å². The van der Waals surface area contributed by atoms with Crippen molar-refractivity contribution in [1.82, 2.24) is 0 Å². The number of carbonyl (C=O) groups excluding carboxylic acids is 1. The Kier molecular flexibility index (Phi) is 5.48. The summed E-state index contributed by atoms with van der Waals surface area (Å²) in [5, 5.41) is 0.879. The number of methoxy groups -OCH3 is 1. The van der Waals surface area contributed by atoms with Gasteiger partial charge in [0.15, 0.2) is 5.43 Å². The first kappa shape index (κ1) is 20.0. The number of ether oxygens (including phenoxy) is 2. The summed E-state index contributed by atoms with van der Waals surface area (Å²) < 4.78 is 16.4. The molecule has 7 heteroatoms. The van der Waals surface area contributed by atoms with Crippen molar-refractivity contribution in [2.24, 2.45) is 0 Å². The van der Waals surface area contributed by atoms with E-state index < -0.39 is 5.97 Å². The van der Waals surface area contributed by atoms with E-state index in [4.69, 9.17) is 37.1 Å². The molecule has 0 amide bonds. The number of halogens is 2. The van der Waals surface area contributed by atoms with Gasteiger partial charge in [0, 0.05) is 16.7 Å². The molecule has 0 N–H and O–H groups in total. The molecule has 0 aliphatic rings. The van der Waals surface area contributed by atoms with Crippen LogP contribution >= 0.6 is 23.2 Å². The van der Waals surface area contributed by atoms with Crippen LogP contribution in [-0.2, 0) is 0 Å². The van der Waals surface area contributed by atoms with E-state index in [-0.39, 0.29) is 21.8 Å². The van der Waals surface area contributed by atoms with Gasteiger partial charge in [0.2, 0.25) is 0 Å². The third kappa shape index (κ3) is 4.03. The molecule has 150 valence electrons. The highest BCUT2D eigenvalue weighted by Crippen LogP contribution is 2.27. The van der Waals surface area contributed by atoms with Crippen molar-refractivity contribution in [3.63, 3.8) is 0 Å². The van der Waals surface area contributed by atoms with Crippen molar-refractivity contribution < 1.29 is 18.7 Å². The van der Waals surface area contributed by atoms with E-state index in [1.165, 1.54) is 24.3 Å². The van der Waals surface area contributed by atoms with Gasteiger partial charge in [-0.25, -0.2) is 4.79 Å². The van der Waals surface area contributed by atoms with E-state index in [0.717, 1.165) is 5.56 Å². The monoisotopic (exact) mass is 440 g/mol. The van der Waals surface area contributed by atoms with E-state index in [9.17, 15) is 9.59 Å². The second kappa shape index (κ2) is 8.22. The molecular weight excluding hydrogens is 427 g/mol. The molecule has 4 aromatic rings. The number of benzene rings is 3. The molecule has 0 unspecified atom stereocenters. The van der Waals surface area contributed by atoms with Gasteiger partial charge in [-0.05, 0) is 60.7 Å². The highest BCUT2D eigenvalue weighted by molar-refractivity contribution is 6.36. The van der Waals surface area contributed by atoms with Crippen LogP contribution in [0, 0.1) is 0 Å². The summed E-state index contributed by atoms with van der Waals surface area (Å²) in [6.45, 7) is 0. The number of carbonyl (C=O) groups is 1. The molecule has 0 bridgehead atoms. The van der Waals surface area contributed by atoms with E-state index in [1.54, 1.807) is 49.6 Å².